The van der Waals surface area contributed by atoms with Gasteiger partial charge in [0.15, 0.2) is 0 Å². The lowest BCUT2D eigenvalue weighted by atomic mass is 10.1. The summed E-state index contributed by atoms with van der Waals surface area (Å²) < 4.78 is 11.3. The van der Waals surface area contributed by atoms with E-state index in [0.717, 1.165) is 35.7 Å². The number of thiophene rings is 1. The fraction of sp³-hybridized carbons (Fsp3) is 0.333. The van der Waals surface area contributed by atoms with E-state index >= 15 is 0 Å². The largest absolute Gasteiger partial charge is 0.496 e. The monoisotopic (exact) mass is 275 g/mol. The lowest BCUT2D eigenvalue weighted by Gasteiger charge is -2.12. The number of rotatable bonds is 4. The summed E-state index contributed by atoms with van der Waals surface area (Å²) in [7, 11) is 1.72. The number of benzene rings is 1. The summed E-state index contributed by atoms with van der Waals surface area (Å²) in [5, 5.41) is 7.55. The van der Waals surface area contributed by atoms with Gasteiger partial charge >= 0.3 is 0 Å². The summed E-state index contributed by atoms with van der Waals surface area (Å²) in [6, 6.07) is 6.27. The van der Waals surface area contributed by atoms with Crippen LogP contribution in [0.4, 0.5) is 5.69 Å². The molecule has 1 aromatic heterocycles. The van der Waals surface area contributed by atoms with Gasteiger partial charge in [-0.05, 0) is 30.5 Å². The Balaban J connectivity index is 1.82. The van der Waals surface area contributed by atoms with Crippen LogP contribution in [0.15, 0.2) is 29.0 Å². The molecule has 0 aliphatic carbocycles. The minimum absolute atomic E-state index is 0.264. The van der Waals surface area contributed by atoms with Gasteiger partial charge in [0.2, 0.25) is 0 Å². The summed E-state index contributed by atoms with van der Waals surface area (Å²) in [5.41, 5.74) is 3.51. The van der Waals surface area contributed by atoms with Gasteiger partial charge in [-0.15, -0.1) is 0 Å². The molecule has 3 rings (SSSR count). The third-order valence-corrected chi connectivity index (χ3v) is 3.99. The van der Waals surface area contributed by atoms with Crippen molar-refractivity contribution in [2.24, 2.45) is 0 Å². The second kappa shape index (κ2) is 5.13. The maximum absolute atomic E-state index is 5.80. The zero-order valence-corrected chi connectivity index (χ0v) is 11.9. The molecule has 0 saturated heterocycles. The highest BCUT2D eigenvalue weighted by molar-refractivity contribution is 7.08. The van der Waals surface area contributed by atoms with Crippen molar-refractivity contribution < 1.29 is 9.47 Å². The van der Waals surface area contributed by atoms with Crippen LogP contribution in [0.2, 0.25) is 0 Å². The first-order chi connectivity index (χ1) is 9.26. The fourth-order valence-corrected chi connectivity index (χ4v) is 2.98. The first kappa shape index (κ1) is 12.4. The molecular weight excluding hydrogens is 258 g/mol. The lowest BCUT2D eigenvalue weighted by Crippen LogP contribution is -2.05. The van der Waals surface area contributed by atoms with Crippen molar-refractivity contribution in [2.45, 2.75) is 26.0 Å². The van der Waals surface area contributed by atoms with Gasteiger partial charge in [-0.2, -0.15) is 11.3 Å². The number of methoxy groups -OCH3 is 1. The van der Waals surface area contributed by atoms with Crippen LogP contribution in [-0.2, 0) is 13.0 Å². The number of hydrogen-bond acceptors (Lipinski definition) is 4. The van der Waals surface area contributed by atoms with Gasteiger partial charge in [0.05, 0.1) is 7.11 Å². The molecule has 1 atom stereocenters. The SMILES string of the molecule is COc1cc2c(cc1CNc1ccsc1)OC(C)C2. The molecule has 1 N–H and O–H groups in total. The first-order valence-corrected chi connectivity index (χ1v) is 7.33. The minimum atomic E-state index is 0.264. The fourth-order valence-electron chi connectivity index (χ4n) is 2.37. The highest BCUT2D eigenvalue weighted by Crippen LogP contribution is 2.35. The molecule has 0 spiro atoms. The standard InChI is InChI=1S/C15H17NO2S/c1-10-5-11-6-14(17-2)12(7-15(11)18-10)8-16-13-3-4-19-9-13/h3-4,6-7,9-10,16H,5,8H2,1-2H3. The predicted octanol–water partition coefficient (Wildman–Crippen LogP) is 3.69. The normalized spacial score (nSPS) is 16.8. The van der Waals surface area contributed by atoms with E-state index in [2.05, 4.69) is 41.2 Å². The van der Waals surface area contributed by atoms with E-state index in [1.54, 1.807) is 18.4 Å². The Morgan fingerprint density at radius 1 is 1.47 bits per heavy atom. The zero-order valence-electron chi connectivity index (χ0n) is 11.1. The molecule has 3 nitrogen and oxygen atoms in total. The second-order valence-corrected chi connectivity index (χ2v) is 5.55. The Morgan fingerprint density at radius 3 is 3.11 bits per heavy atom. The molecule has 0 saturated carbocycles. The summed E-state index contributed by atoms with van der Waals surface area (Å²) in [4.78, 5) is 0. The molecule has 0 radical (unpaired) electrons. The Morgan fingerprint density at radius 2 is 2.37 bits per heavy atom. The summed E-state index contributed by atoms with van der Waals surface area (Å²) >= 11 is 1.69. The van der Waals surface area contributed by atoms with Crippen LogP contribution in [0.3, 0.4) is 0 Å². The van der Waals surface area contributed by atoms with Crippen LogP contribution in [0.1, 0.15) is 18.1 Å². The van der Waals surface area contributed by atoms with Gasteiger partial charge < -0.3 is 14.8 Å². The van der Waals surface area contributed by atoms with Crippen LogP contribution in [-0.4, -0.2) is 13.2 Å². The Labute approximate surface area is 117 Å². The highest BCUT2D eigenvalue weighted by Gasteiger charge is 2.21. The first-order valence-electron chi connectivity index (χ1n) is 6.39. The van der Waals surface area contributed by atoms with Gasteiger partial charge in [-0.1, -0.05) is 0 Å². The Kier molecular flexibility index (Phi) is 3.34. The van der Waals surface area contributed by atoms with Crippen molar-refractivity contribution in [3.05, 3.63) is 40.1 Å². The molecular formula is C15H17NO2S. The van der Waals surface area contributed by atoms with Gasteiger partial charge in [-0.3, -0.25) is 0 Å². The van der Waals surface area contributed by atoms with Crippen LogP contribution in [0.5, 0.6) is 11.5 Å². The second-order valence-electron chi connectivity index (χ2n) is 4.77. The maximum atomic E-state index is 5.80. The molecule has 2 heterocycles. The molecule has 19 heavy (non-hydrogen) atoms. The highest BCUT2D eigenvalue weighted by atomic mass is 32.1. The average Bonchev–Trinajstić information content (AvgIpc) is 3.02. The van der Waals surface area contributed by atoms with Crippen molar-refractivity contribution in [1.29, 1.82) is 0 Å². The van der Waals surface area contributed by atoms with Crippen molar-refractivity contribution in [1.82, 2.24) is 0 Å². The molecule has 0 amide bonds. The summed E-state index contributed by atoms with van der Waals surface area (Å²) in [6.07, 6.45) is 1.23. The third-order valence-electron chi connectivity index (χ3n) is 3.30. The number of anilines is 1. The molecule has 1 aliphatic rings. The van der Waals surface area contributed by atoms with Crippen LogP contribution < -0.4 is 14.8 Å². The smallest absolute Gasteiger partial charge is 0.124 e. The Bertz CT molecular complexity index is 566. The molecule has 0 bridgehead atoms. The lowest BCUT2D eigenvalue weighted by molar-refractivity contribution is 0.254. The van der Waals surface area contributed by atoms with E-state index in [1.807, 2.05) is 0 Å². The number of ether oxygens (including phenoxy) is 2. The zero-order chi connectivity index (χ0) is 13.2. The van der Waals surface area contributed by atoms with Gasteiger partial charge in [0.1, 0.15) is 17.6 Å². The predicted molar refractivity (Wildman–Crippen MR) is 78.4 cm³/mol. The van der Waals surface area contributed by atoms with Crippen LogP contribution in [0, 0.1) is 0 Å². The van der Waals surface area contributed by atoms with E-state index < -0.39 is 0 Å². The van der Waals surface area contributed by atoms with E-state index in [1.165, 1.54) is 5.56 Å². The van der Waals surface area contributed by atoms with E-state index in [4.69, 9.17) is 9.47 Å². The summed E-state index contributed by atoms with van der Waals surface area (Å²) in [6.45, 7) is 2.83. The maximum Gasteiger partial charge on any atom is 0.124 e. The van der Waals surface area contributed by atoms with E-state index in [-0.39, 0.29) is 6.10 Å². The van der Waals surface area contributed by atoms with Crippen molar-refractivity contribution in [3.8, 4) is 11.5 Å². The molecule has 1 unspecified atom stereocenters. The third kappa shape index (κ3) is 2.54. The minimum Gasteiger partial charge on any atom is -0.496 e. The quantitative estimate of drug-likeness (QED) is 0.923. The topological polar surface area (TPSA) is 30.5 Å². The number of nitrogens with one attached hydrogen (secondary N) is 1. The van der Waals surface area contributed by atoms with Crippen LogP contribution >= 0.6 is 11.3 Å². The number of hydrogen-bond donors (Lipinski definition) is 1. The molecule has 1 aromatic carbocycles. The molecule has 100 valence electrons. The van der Waals surface area contributed by atoms with Crippen molar-refractivity contribution in [3.63, 3.8) is 0 Å². The Hall–Kier alpha value is -1.68. The van der Waals surface area contributed by atoms with Gasteiger partial charge in [0.25, 0.3) is 0 Å². The molecule has 2 aromatic rings. The van der Waals surface area contributed by atoms with Crippen LogP contribution in [0.25, 0.3) is 0 Å². The van der Waals surface area contributed by atoms with E-state index in [0.29, 0.717) is 0 Å². The van der Waals surface area contributed by atoms with Gasteiger partial charge in [-0.25, -0.2) is 0 Å². The van der Waals surface area contributed by atoms with E-state index in [9.17, 15) is 0 Å². The van der Waals surface area contributed by atoms with Crippen molar-refractivity contribution >= 4 is 17.0 Å². The average molecular weight is 275 g/mol. The molecule has 0 fully saturated rings. The number of fused-ring (bicyclic) bond motifs is 1. The summed E-state index contributed by atoms with van der Waals surface area (Å²) in [5.74, 6) is 1.93. The molecule has 4 heteroatoms. The van der Waals surface area contributed by atoms with Crippen molar-refractivity contribution in [2.75, 3.05) is 12.4 Å². The van der Waals surface area contributed by atoms with Gasteiger partial charge in [0, 0.05) is 35.2 Å². The molecule has 1 aliphatic heterocycles.